The SMILES string of the molecule is CC(N)CSC1=NCCN1. The van der Waals surface area contributed by atoms with Crippen LogP contribution in [0.2, 0.25) is 0 Å². The highest BCUT2D eigenvalue weighted by atomic mass is 32.2. The molecule has 1 rings (SSSR count). The maximum Gasteiger partial charge on any atom is 0.156 e. The van der Waals surface area contributed by atoms with E-state index < -0.39 is 0 Å². The van der Waals surface area contributed by atoms with E-state index in [-0.39, 0.29) is 6.04 Å². The molecule has 0 spiro atoms. The molecule has 0 aromatic heterocycles. The summed E-state index contributed by atoms with van der Waals surface area (Å²) in [7, 11) is 0. The largest absolute Gasteiger partial charge is 0.363 e. The topological polar surface area (TPSA) is 50.4 Å². The predicted molar refractivity (Wildman–Crippen MR) is 46.4 cm³/mol. The summed E-state index contributed by atoms with van der Waals surface area (Å²) in [4.78, 5) is 4.22. The lowest BCUT2D eigenvalue weighted by molar-refractivity contribution is 0.849. The monoisotopic (exact) mass is 159 g/mol. The zero-order valence-corrected chi connectivity index (χ0v) is 6.95. The van der Waals surface area contributed by atoms with Crippen LogP contribution in [0.5, 0.6) is 0 Å². The predicted octanol–water partition coefficient (Wildman–Crippen LogP) is 0.0260. The molecule has 1 heterocycles. The molecule has 0 aliphatic carbocycles. The summed E-state index contributed by atoms with van der Waals surface area (Å²) >= 11 is 1.71. The maximum absolute atomic E-state index is 5.57. The van der Waals surface area contributed by atoms with E-state index in [0.717, 1.165) is 24.0 Å². The third kappa shape index (κ3) is 2.58. The van der Waals surface area contributed by atoms with E-state index >= 15 is 0 Å². The number of amidine groups is 1. The van der Waals surface area contributed by atoms with Crippen LogP contribution in [-0.2, 0) is 0 Å². The Hall–Kier alpha value is -0.220. The summed E-state index contributed by atoms with van der Waals surface area (Å²) < 4.78 is 0. The van der Waals surface area contributed by atoms with E-state index in [2.05, 4.69) is 10.3 Å². The minimum Gasteiger partial charge on any atom is -0.363 e. The van der Waals surface area contributed by atoms with Crippen molar-refractivity contribution in [1.29, 1.82) is 0 Å². The molecular weight excluding hydrogens is 146 g/mol. The van der Waals surface area contributed by atoms with Gasteiger partial charge in [-0.3, -0.25) is 4.99 Å². The van der Waals surface area contributed by atoms with Crippen molar-refractivity contribution in [3.05, 3.63) is 0 Å². The average Bonchev–Trinajstić information content (AvgIpc) is 2.34. The van der Waals surface area contributed by atoms with Gasteiger partial charge in [0.15, 0.2) is 5.17 Å². The number of nitrogens with one attached hydrogen (secondary N) is 1. The normalized spacial score (nSPS) is 20.0. The summed E-state index contributed by atoms with van der Waals surface area (Å²) in [5, 5.41) is 4.22. The molecule has 0 aromatic rings. The fraction of sp³-hybridized carbons (Fsp3) is 0.833. The number of nitrogens with zero attached hydrogens (tertiary/aromatic N) is 1. The molecular formula is C6H13N3S. The quantitative estimate of drug-likeness (QED) is 0.597. The van der Waals surface area contributed by atoms with Crippen LogP contribution in [0.25, 0.3) is 0 Å². The molecule has 10 heavy (non-hydrogen) atoms. The highest BCUT2D eigenvalue weighted by Gasteiger charge is 2.05. The van der Waals surface area contributed by atoms with Gasteiger partial charge in [0.05, 0.1) is 6.54 Å². The second-order valence-corrected chi connectivity index (χ2v) is 3.41. The van der Waals surface area contributed by atoms with Gasteiger partial charge in [0.1, 0.15) is 0 Å². The number of aliphatic imine (C=N–C) groups is 1. The van der Waals surface area contributed by atoms with E-state index in [1.54, 1.807) is 11.8 Å². The van der Waals surface area contributed by atoms with Crippen molar-refractivity contribution in [3.8, 4) is 0 Å². The molecule has 0 bridgehead atoms. The Morgan fingerprint density at radius 1 is 1.90 bits per heavy atom. The minimum atomic E-state index is 0.259. The fourth-order valence-corrected chi connectivity index (χ4v) is 1.49. The Bertz CT molecular complexity index is 133. The molecule has 1 atom stereocenters. The van der Waals surface area contributed by atoms with Crippen molar-refractivity contribution in [2.45, 2.75) is 13.0 Å². The lowest BCUT2D eigenvalue weighted by Crippen LogP contribution is -2.22. The fourth-order valence-electron chi connectivity index (χ4n) is 0.683. The van der Waals surface area contributed by atoms with Crippen molar-refractivity contribution in [2.24, 2.45) is 10.7 Å². The molecule has 0 aromatic carbocycles. The number of nitrogens with two attached hydrogens (primary N) is 1. The third-order valence-corrected chi connectivity index (χ3v) is 2.37. The summed E-state index contributed by atoms with van der Waals surface area (Å²) in [6.45, 7) is 3.91. The second-order valence-electron chi connectivity index (χ2n) is 2.40. The number of thioether (sulfide) groups is 1. The van der Waals surface area contributed by atoms with Gasteiger partial charge in [-0.25, -0.2) is 0 Å². The van der Waals surface area contributed by atoms with E-state index in [1.165, 1.54) is 0 Å². The minimum absolute atomic E-state index is 0.259. The van der Waals surface area contributed by atoms with Crippen molar-refractivity contribution in [1.82, 2.24) is 5.32 Å². The van der Waals surface area contributed by atoms with Crippen molar-refractivity contribution in [3.63, 3.8) is 0 Å². The molecule has 58 valence electrons. The number of rotatable bonds is 2. The van der Waals surface area contributed by atoms with Crippen molar-refractivity contribution in [2.75, 3.05) is 18.8 Å². The maximum atomic E-state index is 5.57. The Labute approximate surface area is 65.5 Å². The molecule has 0 saturated carbocycles. The molecule has 3 nitrogen and oxygen atoms in total. The first-order valence-corrected chi connectivity index (χ1v) is 4.44. The first-order valence-electron chi connectivity index (χ1n) is 3.46. The zero-order chi connectivity index (χ0) is 7.40. The van der Waals surface area contributed by atoms with Gasteiger partial charge in [-0.05, 0) is 6.92 Å². The summed E-state index contributed by atoms with van der Waals surface area (Å²) in [6, 6.07) is 0.259. The Morgan fingerprint density at radius 3 is 3.20 bits per heavy atom. The van der Waals surface area contributed by atoms with Crippen LogP contribution >= 0.6 is 11.8 Å². The number of hydrogen-bond donors (Lipinski definition) is 2. The molecule has 3 N–H and O–H groups in total. The van der Waals surface area contributed by atoms with Gasteiger partial charge < -0.3 is 11.1 Å². The average molecular weight is 159 g/mol. The van der Waals surface area contributed by atoms with Gasteiger partial charge in [0.25, 0.3) is 0 Å². The molecule has 0 saturated heterocycles. The van der Waals surface area contributed by atoms with Gasteiger partial charge in [0, 0.05) is 18.3 Å². The highest BCUT2D eigenvalue weighted by Crippen LogP contribution is 2.05. The summed E-state index contributed by atoms with van der Waals surface area (Å²) in [5.41, 5.74) is 5.57. The Kier molecular flexibility index (Phi) is 3.02. The van der Waals surface area contributed by atoms with E-state index in [1.807, 2.05) is 6.92 Å². The van der Waals surface area contributed by atoms with Gasteiger partial charge >= 0.3 is 0 Å². The van der Waals surface area contributed by atoms with Crippen molar-refractivity contribution < 1.29 is 0 Å². The van der Waals surface area contributed by atoms with E-state index in [0.29, 0.717) is 0 Å². The van der Waals surface area contributed by atoms with Crippen LogP contribution in [0.15, 0.2) is 4.99 Å². The smallest absolute Gasteiger partial charge is 0.156 e. The van der Waals surface area contributed by atoms with Crippen LogP contribution < -0.4 is 11.1 Å². The van der Waals surface area contributed by atoms with Crippen LogP contribution in [0, 0.1) is 0 Å². The van der Waals surface area contributed by atoms with Gasteiger partial charge in [-0.15, -0.1) is 0 Å². The first-order chi connectivity index (χ1) is 4.79. The van der Waals surface area contributed by atoms with Crippen LogP contribution in [0.3, 0.4) is 0 Å². The van der Waals surface area contributed by atoms with E-state index in [9.17, 15) is 0 Å². The van der Waals surface area contributed by atoms with Crippen LogP contribution in [0.1, 0.15) is 6.92 Å². The van der Waals surface area contributed by atoms with Crippen LogP contribution in [0.4, 0.5) is 0 Å². The Morgan fingerprint density at radius 2 is 2.70 bits per heavy atom. The van der Waals surface area contributed by atoms with Gasteiger partial charge in [0.2, 0.25) is 0 Å². The molecule has 0 radical (unpaired) electrons. The zero-order valence-electron chi connectivity index (χ0n) is 6.13. The first kappa shape index (κ1) is 7.88. The molecule has 1 aliphatic heterocycles. The molecule has 4 heteroatoms. The lowest BCUT2D eigenvalue weighted by Gasteiger charge is -2.03. The molecule has 0 fully saturated rings. The standard InChI is InChI=1S/C6H13N3S/c1-5(7)4-10-6-8-2-3-9-6/h5H,2-4,7H2,1H3,(H,8,9). The molecule has 1 aliphatic rings. The summed E-state index contributed by atoms with van der Waals surface area (Å²) in [5.74, 6) is 0.950. The van der Waals surface area contributed by atoms with Gasteiger partial charge in [-0.2, -0.15) is 0 Å². The van der Waals surface area contributed by atoms with Crippen molar-refractivity contribution >= 4 is 16.9 Å². The highest BCUT2D eigenvalue weighted by molar-refractivity contribution is 8.13. The number of hydrogen-bond acceptors (Lipinski definition) is 4. The summed E-state index contributed by atoms with van der Waals surface area (Å²) in [6.07, 6.45) is 0. The molecule has 0 amide bonds. The van der Waals surface area contributed by atoms with Gasteiger partial charge in [-0.1, -0.05) is 11.8 Å². The van der Waals surface area contributed by atoms with E-state index in [4.69, 9.17) is 5.73 Å². The van der Waals surface area contributed by atoms with Crippen LogP contribution in [-0.4, -0.2) is 30.1 Å². The third-order valence-electron chi connectivity index (χ3n) is 1.13. The molecule has 1 unspecified atom stereocenters. The Balaban J connectivity index is 2.13. The second kappa shape index (κ2) is 3.83. The lowest BCUT2D eigenvalue weighted by atomic mass is 10.4.